The average molecular weight is 257 g/mol. The largest absolute Gasteiger partial charge is 0.332 e. The maximum Gasteiger partial charge on any atom is 0.257 e. The van der Waals surface area contributed by atoms with Crippen molar-refractivity contribution in [3.63, 3.8) is 0 Å². The number of nitrogens with zero attached hydrogens (tertiary/aromatic N) is 1. The van der Waals surface area contributed by atoms with Crippen LogP contribution in [0.2, 0.25) is 0 Å². The molecule has 5 nitrogen and oxygen atoms in total. The Morgan fingerprint density at radius 1 is 1.47 bits per heavy atom. The molecule has 0 radical (unpaired) electrons. The summed E-state index contributed by atoms with van der Waals surface area (Å²) in [5.74, 6) is 1.20. The summed E-state index contributed by atoms with van der Waals surface area (Å²) < 4.78 is 26.5. The maximum absolute atomic E-state index is 11.9. The van der Waals surface area contributed by atoms with E-state index in [0.717, 1.165) is 12.8 Å². The lowest BCUT2D eigenvalue weighted by atomic mass is 10.1. The van der Waals surface area contributed by atoms with Gasteiger partial charge in [-0.25, -0.2) is 18.1 Å². The zero-order valence-electron chi connectivity index (χ0n) is 10.1. The Kier molecular flexibility index (Phi) is 3.83. The maximum atomic E-state index is 11.9. The summed E-state index contributed by atoms with van der Waals surface area (Å²) >= 11 is 0. The Bertz CT molecular complexity index is 461. The number of aryl methyl sites for hydroxylation is 1. The highest BCUT2D eigenvalue weighted by atomic mass is 32.2. The summed E-state index contributed by atoms with van der Waals surface area (Å²) in [6.45, 7) is 2.48. The summed E-state index contributed by atoms with van der Waals surface area (Å²) in [5.41, 5.74) is 0. The average Bonchev–Trinajstić information content (AvgIpc) is 2.98. The number of rotatable bonds is 5. The van der Waals surface area contributed by atoms with Crippen LogP contribution in [0.5, 0.6) is 0 Å². The molecule has 6 heteroatoms. The molecule has 0 amide bonds. The molecule has 1 aliphatic rings. The molecule has 0 aromatic carbocycles. The van der Waals surface area contributed by atoms with E-state index in [-0.39, 0.29) is 5.03 Å². The molecule has 1 fully saturated rings. The van der Waals surface area contributed by atoms with E-state index in [2.05, 4.69) is 14.7 Å². The molecule has 1 heterocycles. The van der Waals surface area contributed by atoms with Crippen molar-refractivity contribution < 1.29 is 8.42 Å². The lowest BCUT2D eigenvalue weighted by Crippen LogP contribution is -2.28. The van der Waals surface area contributed by atoms with Gasteiger partial charge in [0.2, 0.25) is 0 Å². The molecule has 2 rings (SSSR count). The van der Waals surface area contributed by atoms with Crippen LogP contribution >= 0.6 is 0 Å². The van der Waals surface area contributed by atoms with Crippen molar-refractivity contribution in [3.8, 4) is 0 Å². The molecule has 0 atom stereocenters. The Hall–Kier alpha value is -0.880. The van der Waals surface area contributed by atoms with E-state index in [0.29, 0.717) is 24.7 Å². The van der Waals surface area contributed by atoms with Crippen LogP contribution in [-0.4, -0.2) is 24.9 Å². The molecule has 0 aliphatic heterocycles. The van der Waals surface area contributed by atoms with Gasteiger partial charge in [0.25, 0.3) is 10.0 Å². The summed E-state index contributed by atoms with van der Waals surface area (Å²) in [7, 11) is -3.41. The molecule has 0 spiro atoms. The number of aromatic amines is 1. The predicted molar refractivity (Wildman–Crippen MR) is 65.1 cm³/mol. The van der Waals surface area contributed by atoms with Gasteiger partial charge in [-0.3, -0.25) is 0 Å². The molecule has 1 aromatic rings. The zero-order chi connectivity index (χ0) is 12.3. The number of imidazole rings is 1. The summed E-state index contributed by atoms with van der Waals surface area (Å²) in [6, 6.07) is 0. The van der Waals surface area contributed by atoms with Gasteiger partial charge >= 0.3 is 0 Å². The minimum atomic E-state index is -3.41. The molecule has 1 aliphatic carbocycles. The molecule has 0 saturated heterocycles. The first-order valence-electron chi connectivity index (χ1n) is 6.15. The zero-order valence-corrected chi connectivity index (χ0v) is 10.9. The van der Waals surface area contributed by atoms with Gasteiger partial charge in [-0.1, -0.05) is 19.8 Å². The fourth-order valence-corrected chi connectivity index (χ4v) is 3.23. The van der Waals surface area contributed by atoms with Gasteiger partial charge in [0, 0.05) is 13.0 Å². The molecule has 1 aromatic heterocycles. The molecule has 0 bridgehead atoms. The van der Waals surface area contributed by atoms with E-state index in [1.807, 2.05) is 6.92 Å². The van der Waals surface area contributed by atoms with Gasteiger partial charge in [0.15, 0.2) is 5.03 Å². The van der Waals surface area contributed by atoms with Crippen molar-refractivity contribution in [3.05, 3.63) is 12.0 Å². The molecule has 96 valence electrons. The van der Waals surface area contributed by atoms with Crippen molar-refractivity contribution >= 4 is 10.0 Å². The summed E-state index contributed by atoms with van der Waals surface area (Å²) in [4.78, 5) is 6.82. The van der Waals surface area contributed by atoms with Gasteiger partial charge in [0.1, 0.15) is 5.82 Å². The van der Waals surface area contributed by atoms with E-state index >= 15 is 0 Å². The highest BCUT2D eigenvalue weighted by Crippen LogP contribution is 2.24. The number of H-pyrrole nitrogens is 1. The normalized spacial score (nSPS) is 17.7. The summed E-state index contributed by atoms with van der Waals surface area (Å²) in [5, 5.41) is 0.173. The first-order valence-corrected chi connectivity index (χ1v) is 7.63. The first-order chi connectivity index (χ1) is 8.12. The van der Waals surface area contributed by atoms with Crippen LogP contribution in [0.25, 0.3) is 0 Å². The third-order valence-electron chi connectivity index (χ3n) is 3.27. The third kappa shape index (κ3) is 3.07. The van der Waals surface area contributed by atoms with Gasteiger partial charge < -0.3 is 4.98 Å². The van der Waals surface area contributed by atoms with Crippen molar-refractivity contribution in [1.82, 2.24) is 14.7 Å². The number of aromatic nitrogens is 2. The number of hydrogen-bond acceptors (Lipinski definition) is 3. The second-order valence-electron chi connectivity index (χ2n) is 4.55. The van der Waals surface area contributed by atoms with Gasteiger partial charge in [0.05, 0.1) is 6.20 Å². The lowest BCUT2D eigenvalue weighted by Gasteiger charge is -2.09. The van der Waals surface area contributed by atoms with Gasteiger partial charge in [-0.05, 0) is 18.8 Å². The topological polar surface area (TPSA) is 74.8 Å². The molecule has 0 unspecified atom stereocenters. The number of nitrogens with one attached hydrogen (secondary N) is 2. The van der Waals surface area contributed by atoms with Gasteiger partial charge in [-0.15, -0.1) is 0 Å². The third-order valence-corrected chi connectivity index (χ3v) is 4.60. The standard InChI is InChI=1S/C11H19N3O2S/c1-2-10-12-8-11(14-10)17(15,16)13-7-9-5-3-4-6-9/h8-9,13H,2-7H2,1H3,(H,12,14). The second kappa shape index (κ2) is 5.18. The monoisotopic (exact) mass is 257 g/mol. The van der Waals surface area contributed by atoms with E-state index in [1.165, 1.54) is 19.0 Å². The number of hydrogen-bond donors (Lipinski definition) is 2. The second-order valence-corrected chi connectivity index (χ2v) is 6.29. The lowest BCUT2D eigenvalue weighted by molar-refractivity contribution is 0.518. The van der Waals surface area contributed by atoms with E-state index in [4.69, 9.17) is 0 Å². The Balaban J connectivity index is 1.97. The minimum absolute atomic E-state index is 0.173. The van der Waals surface area contributed by atoms with Crippen LogP contribution in [0.3, 0.4) is 0 Å². The van der Waals surface area contributed by atoms with Crippen molar-refractivity contribution in [1.29, 1.82) is 0 Å². The van der Waals surface area contributed by atoms with E-state index < -0.39 is 10.0 Å². The highest BCUT2D eigenvalue weighted by molar-refractivity contribution is 7.89. The molecule has 17 heavy (non-hydrogen) atoms. The smallest absolute Gasteiger partial charge is 0.257 e. The van der Waals surface area contributed by atoms with Crippen molar-refractivity contribution in [2.24, 2.45) is 5.92 Å². The fourth-order valence-electron chi connectivity index (χ4n) is 2.18. The minimum Gasteiger partial charge on any atom is -0.332 e. The van der Waals surface area contributed by atoms with Crippen LogP contribution in [0, 0.1) is 5.92 Å². The first kappa shape index (κ1) is 12.6. The Labute approximate surface area is 102 Å². The Morgan fingerprint density at radius 2 is 2.18 bits per heavy atom. The Morgan fingerprint density at radius 3 is 2.76 bits per heavy atom. The predicted octanol–water partition coefficient (Wildman–Crippen LogP) is 1.44. The van der Waals surface area contributed by atoms with Crippen LogP contribution in [0.4, 0.5) is 0 Å². The van der Waals surface area contributed by atoms with E-state index in [1.54, 1.807) is 0 Å². The molecule has 2 N–H and O–H groups in total. The van der Waals surface area contributed by atoms with Gasteiger partial charge in [-0.2, -0.15) is 0 Å². The molecule has 1 saturated carbocycles. The highest BCUT2D eigenvalue weighted by Gasteiger charge is 2.21. The van der Waals surface area contributed by atoms with Crippen molar-refractivity contribution in [2.75, 3.05) is 6.54 Å². The fraction of sp³-hybridized carbons (Fsp3) is 0.727. The van der Waals surface area contributed by atoms with Crippen LogP contribution in [0.1, 0.15) is 38.4 Å². The van der Waals surface area contributed by atoms with Crippen LogP contribution in [-0.2, 0) is 16.4 Å². The molecular formula is C11H19N3O2S. The van der Waals surface area contributed by atoms with E-state index in [9.17, 15) is 8.42 Å². The quantitative estimate of drug-likeness (QED) is 0.838. The number of sulfonamides is 1. The van der Waals surface area contributed by atoms with Crippen LogP contribution < -0.4 is 4.72 Å². The SMILES string of the molecule is CCc1ncc(S(=O)(=O)NCC2CCCC2)[nH]1. The molecular weight excluding hydrogens is 238 g/mol. The summed E-state index contributed by atoms with van der Waals surface area (Å²) in [6.07, 6.45) is 6.79. The van der Waals surface area contributed by atoms with Crippen molar-refractivity contribution in [2.45, 2.75) is 44.1 Å². The van der Waals surface area contributed by atoms with Crippen LogP contribution in [0.15, 0.2) is 11.2 Å².